The lowest BCUT2D eigenvalue weighted by Gasteiger charge is -2.00. The van der Waals surface area contributed by atoms with Crippen molar-refractivity contribution in [3.63, 3.8) is 0 Å². The number of aromatic amines is 1. The van der Waals surface area contributed by atoms with Crippen LogP contribution < -0.4 is 0 Å². The van der Waals surface area contributed by atoms with E-state index in [0.29, 0.717) is 10.6 Å². The van der Waals surface area contributed by atoms with Gasteiger partial charge in [-0.15, -0.1) is 0 Å². The van der Waals surface area contributed by atoms with Crippen LogP contribution in [0.2, 0.25) is 5.02 Å². The minimum Gasteiger partial charge on any atom is -0.465 e. The van der Waals surface area contributed by atoms with Crippen molar-refractivity contribution in [2.75, 3.05) is 7.11 Å². The molecule has 0 radical (unpaired) electrons. The first-order valence-corrected chi connectivity index (χ1v) is 5.29. The molecule has 0 aliphatic carbocycles. The molecule has 16 heavy (non-hydrogen) atoms. The third kappa shape index (κ3) is 1.57. The van der Waals surface area contributed by atoms with E-state index in [1.807, 2.05) is 19.9 Å². The van der Waals surface area contributed by atoms with Crippen LogP contribution in [0.3, 0.4) is 0 Å². The maximum absolute atomic E-state index is 11.6. The molecule has 0 unspecified atom stereocenters. The lowest BCUT2D eigenvalue weighted by molar-refractivity contribution is 0.0602. The van der Waals surface area contributed by atoms with Gasteiger partial charge >= 0.3 is 5.97 Å². The summed E-state index contributed by atoms with van der Waals surface area (Å²) >= 11 is 5.99. The molecule has 1 aromatic heterocycles. The number of ether oxygens (including phenoxy) is 1. The van der Waals surface area contributed by atoms with Gasteiger partial charge in [-0.05, 0) is 31.5 Å². The van der Waals surface area contributed by atoms with Crippen LogP contribution in [-0.4, -0.2) is 18.1 Å². The van der Waals surface area contributed by atoms with Gasteiger partial charge < -0.3 is 9.72 Å². The minimum atomic E-state index is -0.342. The lowest BCUT2D eigenvalue weighted by atomic mass is 10.1. The molecule has 4 heteroatoms. The molecule has 0 fully saturated rings. The van der Waals surface area contributed by atoms with Crippen molar-refractivity contribution in [2.24, 2.45) is 0 Å². The van der Waals surface area contributed by atoms with Gasteiger partial charge in [0.15, 0.2) is 0 Å². The number of esters is 1. The molecule has 1 aromatic carbocycles. The Labute approximate surface area is 98.4 Å². The van der Waals surface area contributed by atoms with Crippen molar-refractivity contribution < 1.29 is 9.53 Å². The molecule has 2 rings (SSSR count). The standard InChI is InChI=1S/C12H12ClNO2/c1-6-4-8(13)5-9-10(12(15)16-3)7(2)14-11(6)9/h4-5,14H,1-3H3. The van der Waals surface area contributed by atoms with Gasteiger partial charge in [0.25, 0.3) is 0 Å². The van der Waals surface area contributed by atoms with Gasteiger partial charge in [-0.25, -0.2) is 4.79 Å². The average molecular weight is 238 g/mol. The second-order valence-electron chi connectivity index (χ2n) is 3.76. The quantitative estimate of drug-likeness (QED) is 0.774. The Morgan fingerprint density at radius 1 is 1.38 bits per heavy atom. The number of hydrogen-bond acceptors (Lipinski definition) is 2. The first-order chi connectivity index (χ1) is 7.54. The zero-order chi connectivity index (χ0) is 11.9. The van der Waals surface area contributed by atoms with E-state index >= 15 is 0 Å². The number of rotatable bonds is 1. The Hall–Kier alpha value is -1.48. The zero-order valence-corrected chi connectivity index (χ0v) is 10.1. The second kappa shape index (κ2) is 3.83. The van der Waals surface area contributed by atoms with E-state index in [9.17, 15) is 4.79 Å². The van der Waals surface area contributed by atoms with Crippen LogP contribution in [0.5, 0.6) is 0 Å². The third-order valence-electron chi connectivity index (χ3n) is 2.65. The van der Waals surface area contributed by atoms with Gasteiger partial charge in [0.1, 0.15) is 0 Å². The van der Waals surface area contributed by atoms with E-state index in [0.717, 1.165) is 22.2 Å². The summed E-state index contributed by atoms with van der Waals surface area (Å²) in [7, 11) is 1.37. The molecule has 0 aliphatic rings. The van der Waals surface area contributed by atoms with Gasteiger partial charge in [-0.3, -0.25) is 0 Å². The molecule has 84 valence electrons. The number of carbonyl (C=O) groups is 1. The Bertz CT molecular complexity index is 572. The first kappa shape index (κ1) is 11.0. The molecule has 1 heterocycles. The number of halogens is 1. The van der Waals surface area contributed by atoms with Crippen LogP contribution in [0.1, 0.15) is 21.6 Å². The molecule has 0 bridgehead atoms. The van der Waals surface area contributed by atoms with Crippen LogP contribution in [0.25, 0.3) is 10.9 Å². The van der Waals surface area contributed by atoms with Gasteiger partial charge in [-0.2, -0.15) is 0 Å². The predicted octanol–water partition coefficient (Wildman–Crippen LogP) is 3.22. The Kier molecular flexibility index (Phi) is 2.64. The summed E-state index contributed by atoms with van der Waals surface area (Å²) in [6.45, 7) is 3.80. The van der Waals surface area contributed by atoms with Gasteiger partial charge in [-0.1, -0.05) is 11.6 Å². The van der Waals surface area contributed by atoms with E-state index in [2.05, 4.69) is 4.98 Å². The first-order valence-electron chi connectivity index (χ1n) is 4.91. The highest BCUT2D eigenvalue weighted by Gasteiger charge is 2.17. The second-order valence-corrected chi connectivity index (χ2v) is 4.20. The number of aromatic nitrogens is 1. The van der Waals surface area contributed by atoms with E-state index < -0.39 is 0 Å². The summed E-state index contributed by atoms with van der Waals surface area (Å²) in [5.74, 6) is -0.342. The topological polar surface area (TPSA) is 42.1 Å². The number of nitrogens with one attached hydrogen (secondary N) is 1. The molecule has 3 nitrogen and oxygen atoms in total. The van der Waals surface area contributed by atoms with E-state index in [1.165, 1.54) is 7.11 Å². The highest BCUT2D eigenvalue weighted by molar-refractivity contribution is 6.31. The summed E-state index contributed by atoms with van der Waals surface area (Å²) in [6.07, 6.45) is 0. The van der Waals surface area contributed by atoms with Crippen LogP contribution in [0, 0.1) is 13.8 Å². The van der Waals surface area contributed by atoms with E-state index in [4.69, 9.17) is 16.3 Å². The minimum absolute atomic E-state index is 0.342. The molecule has 0 saturated heterocycles. The fraction of sp³-hybridized carbons (Fsp3) is 0.250. The average Bonchev–Trinajstić information content (AvgIpc) is 2.54. The summed E-state index contributed by atoms with van der Waals surface area (Å²) < 4.78 is 4.76. The fourth-order valence-electron chi connectivity index (χ4n) is 1.92. The van der Waals surface area contributed by atoms with Gasteiger partial charge in [0, 0.05) is 21.6 Å². The summed E-state index contributed by atoms with van der Waals surface area (Å²) in [5.41, 5.74) is 3.30. The molecular weight excluding hydrogens is 226 g/mol. The molecule has 2 aromatic rings. The molecule has 0 spiro atoms. The van der Waals surface area contributed by atoms with E-state index in [-0.39, 0.29) is 5.97 Å². The van der Waals surface area contributed by atoms with Crippen molar-refractivity contribution in [2.45, 2.75) is 13.8 Å². The number of benzene rings is 1. The maximum Gasteiger partial charge on any atom is 0.340 e. The molecule has 0 amide bonds. The number of hydrogen-bond donors (Lipinski definition) is 1. The van der Waals surface area contributed by atoms with Crippen molar-refractivity contribution in [3.05, 3.63) is 34.0 Å². The number of carbonyl (C=O) groups excluding carboxylic acids is 1. The van der Waals surface area contributed by atoms with Crippen molar-refractivity contribution in [1.29, 1.82) is 0 Å². The van der Waals surface area contributed by atoms with Crippen LogP contribution in [-0.2, 0) is 4.74 Å². The number of H-pyrrole nitrogens is 1. The molecule has 0 saturated carbocycles. The smallest absolute Gasteiger partial charge is 0.340 e. The normalized spacial score (nSPS) is 10.8. The van der Waals surface area contributed by atoms with Crippen molar-refractivity contribution in [3.8, 4) is 0 Å². The molecule has 0 aliphatic heterocycles. The SMILES string of the molecule is COC(=O)c1c(C)[nH]c2c(C)cc(Cl)cc12. The van der Waals surface area contributed by atoms with Crippen LogP contribution in [0.15, 0.2) is 12.1 Å². The van der Waals surface area contributed by atoms with Gasteiger partial charge in [0.05, 0.1) is 12.7 Å². The maximum atomic E-state index is 11.6. The highest BCUT2D eigenvalue weighted by atomic mass is 35.5. The number of fused-ring (bicyclic) bond motifs is 1. The third-order valence-corrected chi connectivity index (χ3v) is 2.86. The van der Waals surface area contributed by atoms with Crippen LogP contribution >= 0.6 is 11.6 Å². The zero-order valence-electron chi connectivity index (χ0n) is 9.35. The fourth-order valence-corrected chi connectivity index (χ4v) is 2.20. The largest absolute Gasteiger partial charge is 0.465 e. The Balaban J connectivity index is 2.83. The molecular formula is C12H12ClNO2. The molecule has 0 atom stereocenters. The number of methoxy groups -OCH3 is 1. The summed E-state index contributed by atoms with van der Waals surface area (Å²) in [4.78, 5) is 14.8. The van der Waals surface area contributed by atoms with Crippen molar-refractivity contribution >= 4 is 28.5 Å². The molecule has 1 N–H and O–H groups in total. The Morgan fingerprint density at radius 3 is 2.69 bits per heavy atom. The summed E-state index contributed by atoms with van der Waals surface area (Å²) in [5, 5.41) is 1.43. The van der Waals surface area contributed by atoms with Gasteiger partial charge in [0.2, 0.25) is 0 Å². The number of aryl methyl sites for hydroxylation is 2. The van der Waals surface area contributed by atoms with Crippen LogP contribution in [0.4, 0.5) is 0 Å². The predicted molar refractivity (Wildman–Crippen MR) is 64.1 cm³/mol. The highest BCUT2D eigenvalue weighted by Crippen LogP contribution is 2.28. The van der Waals surface area contributed by atoms with E-state index in [1.54, 1.807) is 6.07 Å². The lowest BCUT2D eigenvalue weighted by Crippen LogP contribution is -2.01. The van der Waals surface area contributed by atoms with Crippen molar-refractivity contribution in [1.82, 2.24) is 4.98 Å². The monoisotopic (exact) mass is 237 g/mol. The Morgan fingerprint density at radius 2 is 2.06 bits per heavy atom. The summed E-state index contributed by atoms with van der Waals surface area (Å²) in [6, 6.07) is 3.64.